The number of amides is 2. The number of nitrogens with zero attached hydrogens (tertiary/aromatic N) is 1. The highest BCUT2D eigenvalue weighted by atomic mass is 32.1. The Morgan fingerprint density at radius 1 is 1.18 bits per heavy atom. The smallest absolute Gasteiger partial charge is 0.251 e. The summed E-state index contributed by atoms with van der Waals surface area (Å²) in [5.74, 6) is 1.39. The molecule has 1 N–H and O–H groups in total. The van der Waals surface area contributed by atoms with Gasteiger partial charge in [0.25, 0.3) is 5.91 Å². The summed E-state index contributed by atoms with van der Waals surface area (Å²) in [5.41, 5.74) is 0.600. The number of rotatable bonds is 9. The van der Waals surface area contributed by atoms with Crippen molar-refractivity contribution in [2.45, 2.75) is 58.0 Å². The fraction of sp³-hybridized carbons (Fsp3) is 0.385. The largest absolute Gasteiger partial charge is 0.494 e. The van der Waals surface area contributed by atoms with Crippen molar-refractivity contribution in [1.82, 2.24) is 5.32 Å². The number of benzene rings is 1. The molecule has 2 aromatic heterocycles. The molecule has 6 nitrogen and oxygen atoms in total. The van der Waals surface area contributed by atoms with Crippen molar-refractivity contribution in [2.24, 2.45) is 0 Å². The fourth-order valence-corrected chi connectivity index (χ4v) is 4.99. The molecule has 2 amide bonds. The van der Waals surface area contributed by atoms with Crippen LogP contribution in [0.3, 0.4) is 0 Å². The number of aryl methyl sites for hydroxylation is 1. The monoisotopic (exact) mass is 466 g/mol. The molecule has 0 spiro atoms. The Balaban J connectivity index is 1.75. The maximum absolute atomic E-state index is 13.7. The molecular weight excluding hydrogens is 436 g/mol. The minimum atomic E-state index is -0.913. The van der Waals surface area contributed by atoms with Gasteiger partial charge in [-0.15, -0.1) is 11.3 Å². The third-order valence-corrected chi connectivity index (χ3v) is 6.70. The number of carbonyl (C=O) groups is 2. The predicted octanol–water partition coefficient (Wildman–Crippen LogP) is 5.42. The van der Waals surface area contributed by atoms with Gasteiger partial charge < -0.3 is 14.5 Å². The maximum Gasteiger partial charge on any atom is 0.251 e. The second-order valence-corrected chi connectivity index (χ2v) is 9.32. The van der Waals surface area contributed by atoms with Gasteiger partial charge in [-0.1, -0.05) is 25.0 Å². The summed E-state index contributed by atoms with van der Waals surface area (Å²) in [7, 11) is 0. The first-order valence-corrected chi connectivity index (χ1v) is 12.4. The summed E-state index contributed by atoms with van der Waals surface area (Å²) >= 11 is 1.53. The lowest BCUT2D eigenvalue weighted by Crippen LogP contribution is -2.46. The van der Waals surface area contributed by atoms with Crippen molar-refractivity contribution < 1.29 is 18.7 Å². The van der Waals surface area contributed by atoms with Crippen LogP contribution >= 0.6 is 11.3 Å². The van der Waals surface area contributed by atoms with Crippen LogP contribution in [-0.4, -0.2) is 24.5 Å². The molecule has 2 heterocycles. The van der Waals surface area contributed by atoms with E-state index in [9.17, 15) is 9.59 Å². The Morgan fingerprint density at radius 3 is 2.67 bits per heavy atom. The highest BCUT2D eigenvalue weighted by molar-refractivity contribution is 7.10. The summed E-state index contributed by atoms with van der Waals surface area (Å²) in [4.78, 5) is 29.9. The summed E-state index contributed by atoms with van der Waals surface area (Å²) < 4.78 is 11.6. The quantitative estimate of drug-likeness (QED) is 0.457. The number of ether oxygens (including phenoxy) is 1. The van der Waals surface area contributed by atoms with Gasteiger partial charge in [0.05, 0.1) is 13.0 Å². The number of anilines is 1. The minimum Gasteiger partial charge on any atom is -0.494 e. The number of hydrogen-bond acceptors (Lipinski definition) is 5. The molecule has 1 aromatic carbocycles. The van der Waals surface area contributed by atoms with Gasteiger partial charge in [0, 0.05) is 22.7 Å². The van der Waals surface area contributed by atoms with Gasteiger partial charge in [0.1, 0.15) is 17.3 Å². The third kappa shape index (κ3) is 5.66. The number of thiophene rings is 1. The first-order valence-electron chi connectivity index (χ1n) is 11.5. The van der Waals surface area contributed by atoms with E-state index >= 15 is 0 Å². The Labute approximate surface area is 198 Å². The van der Waals surface area contributed by atoms with Crippen molar-refractivity contribution in [3.63, 3.8) is 0 Å². The zero-order chi connectivity index (χ0) is 23.2. The van der Waals surface area contributed by atoms with Gasteiger partial charge in [-0.2, -0.15) is 0 Å². The Morgan fingerprint density at radius 2 is 2.00 bits per heavy atom. The number of nitrogens with one attached hydrogen (secondary N) is 1. The van der Waals surface area contributed by atoms with Gasteiger partial charge in [-0.05, 0) is 62.4 Å². The molecule has 7 heteroatoms. The van der Waals surface area contributed by atoms with E-state index in [0.29, 0.717) is 29.6 Å². The van der Waals surface area contributed by atoms with Crippen LogP contribution in [0.15, 0.2) is 58.3 Å². The third-order valence-electron chi connectivity index (χ3n) is 5.82. The van der Waals surface area contributed by atoms with Crippen molar-refractivity contribution in [3.8, 4) is 5.75 Å². The highest BCUT2D eigenvalue weighted by Gasteiger charge is 2.36. The molecule has 1 aliphatic rings. The lowest BCUT2D eigenvalue weighted by molar-refractivity contribution is -0.127. The van der Waals surface area contributed by atoms with Crippen LogP contribution in [-0.2, 0) is 16.0 Å². The summed E-state index contributed by atoms with van der Waals surface area (Å²) in [6.07, 6.45) is 4.32. The molecule has 0 bridgehead atoms. The van der Waals surface area contributed by atoms with E-state index in [4.69, 9.17) is 9.15 Å². The SMILES string of the molecule is CCOc1cccc(N(C(=O)Cc2cccs2)[C@H](C(=O)NC2CCCC2)c2ccc(C)o2)c1. The molecular formula is C26H30N2O4S. The van der Waals surface area contributed by atoms with E-state index in [2.05, 4.69) is 5.32 Å². The topological polar surface area (TPSA) is 71.8 Å². The lowest BCUT2D eigenvalue weighted by Gasteiger charge is -2.31. The van der Waals surface area contributed by atoms with Crippen LogP contribution < -0.4 is 15.0 Å². The Bertz CT molecular complexity index is 1070. The van der Waals surface area contributed by atoms with Crippen molar-refractivity contribution >= 4 is 28.8 Å². The summed E-state index contributed by atoms with van der Waals surface area (Å²) in [6, 6.07) is 14.0. The second kappa shape index (κ2) is 10.7. The highest BCUT2D eigenvalue weighted by Crippen LogP contribution is 2.33. The van der Waals surface area contributed by atoms with Crippen LogP contribution in [0.1, 0.15) is 55.0 Å². The maximum atomic E-state index is 13.7. The Hall–Kier alpha value is -3.06. The van der Waals surface area contributed by atoms with Crippen LogP contribution in [0.2, 0.25) is 0 Å². The summed E-state index contributed by atoms with van der Waals surface area (Å²) in [6.45, 7) is 4.26. The minimum absolute atomic E-state index is 0.125. The Kier molecular flexibility index (Phi) is 7.50. The van der Waals surface area contributed by atoms with E-state index < -0.39 is 6.04 Å². The molecule has 1 saturated carbocycles. The predicted molar refractivity (Wildman–Crippen MR) is 130 cm³/mol. The van der Waals surface area contributed by atoms with Crippen molar-refractivity contribution in [3.05, 3.63) is 70.3 Å². The molecule has 33 heavy (non-hydrogen) atoms. The lowest BCUT2D eigenvalue weighted by atomic mass is 10.1. The number of furan rings is 1. The average Bonchev–Trinajstić information content (AvgIpc) is 3.56. The molecule has 1 atom stereocenters. The van der Waals surface area contributed by atoms with Crippen molar-refractivity contribution in [2.75, 3.05) is 11.5 Å². The molecule has 1 fully saturated rings. The van der Waals surface area contributed by atoms with E-state index in [1.54, 1.807) is 11.0 Å². The average molecular weight is 467 g/mol. The molecule has 0 saturated heterocycles. The number of carbonyl (C=O) groups excluding carboxylic acids is 2. The van der Waals surface area contributed by atoms with E-state index in [0.717, 1.165) is 30.6 Å². The molecule has 0 radical (unpaired) electrons. The molecule has 174 valence electrons. The normalized spacial score (nSPS) is 14.7. The molecule has 3 aromatic rings. The fourth-order valence-electron chi connectivity index (χ4n) is 4.30. The van der Waals surface area contributed by atoms with Gasteiger partial charge in [0.2, 0.25) is 5.91 Å². The number of hydrogen-bond donors (Lipinski definition) is 1. The summed E-state index contributed by atoms with van der Waals surface area (Å²) in [5, 5.41) is 5.12. The van der Waals surface area contributed by atoms with Crippen LogP contribution in [0.4, 0.5) is 5.69 Å². The van der Waals surface area contributed by atoms with Gasteiger partial charge in [0.15, 0.2) is 6.04 Å². The second-order valence-electron chi connectivity index (χ2n) is 8.29. The van der Waals surface area contributed by atoms with Crippen LogP contribution in [0.25, 0.3) is 0 Å². The van der Waals surface area contributed by atoms with Gasteiger partial charge in [-0.3, -0.25) is 14.5 Å². The van der Waals surface area contributed by atoms with Crippen LogP contribution in [0.5, 0.6) is 5.75 Å². The van der Waals surface area contributed by atoms with Gasteiger partial charge >= 0.3 is 0 Å². The van der Waals surface area contributed by atoms with Crippen LogP contribution in [0, 0.1) is 6.92 Å². The molecule has 0 unspecified atom stereocenters. The zero-order valence-corrected chi connectivity index (χ0v) is 19.9. The zero-order valence-electron chi connectivity index (χ0n) is 19.1. The van der Waals surface area contributed by atoms with E-state index in [-0.39, 0.29) is 24.3 Å². The standard InChI is InChI=1S/C26H30N2O4S/c1-3-31-21-11-6-10-20(16-21)28(24(29)17-22-12-7-15-33-22)25(23-14-13-18(2)32-23)26(30)27-19-8-4-5-9-19/h6-7,10-16,19,25H,3-5,8-9,17H2,1-2H3,(H,27,30)/t25-/m0/s1. The first-order chi connectivity index (χ1) is 16.0. The molecule has 0 aliphatic heterocycles. The van der Waals surface area contributed by atoms with Gasteiger partial charge in [-0.25, -0.2) is 0 Å². The molecule has 1 aliphatic carbocycles. The van der Waals surface area contributed by atoms with E-state index in [1.807, 2.05) is 61.7 Å². The van der Waals surface area contributed by atoms with Crippen molar-refractivity contribution in [1.29, 1.82) is 0 Å². The molecule has 4 rings (SSSR count). The first kappa shape index (κ1) is 23.1. The van der Waals surface area contributed by atoms with E-state index in [1.165, 1.54) is 11.3 Å².